The first-order valence-electron chi connectivity index (χ1n) is 6.39. The molecule has 0 unspecified atom stereocenters. The van der Waals surface area contributed by atoms with Gasteiger partial charge in [0.05, 0.1) is 0 Å². The number of hydrogen-bond acceptors (Lipinski definition) is 2. The van der Waals surface area contributed by atoms with Gasteiger partial charge in [-0.2, -0.15) is 0 Å². The van der Waals surface area contributed by atoms with E-state index in [4.69, 9.17) is 0 Å². The summed E-state index contributed by atoms with van der Waals surface area (Å²) in [5, 5.41) is 3.16. The van der Waals surface area contributed by atoms with Crippen molar-refractivity contribution in [2.24, 2.45) is 0 Å². The SMILES string of the molecule is CNCc1ccc(N(C)Cc2ccccc2Br)cc1. The van der Waals surface area contributed by atoms with Gasteiger partial charge in [0.2, 0.25) is 0 Å². The van der Waals surface area contributed by atoms with Crippen molar-refractivity contribution in [1.29, 1.82) is 0 Å². The minimum atomic E-state index is 0.896. The molecule has 0 spiro atoms. The number of hydrogen-bond donors (Lipinski definition) is 1. The van der Waals surface area contributed by atoms with E-state index in [1.54, 1.807) is 0 Å². The summed E-state index contributed by atoms with van der Waals surface area (Å²) >= 11 is 3.59. The maximum absolute atomic E-state index is 3.59. The van der Waals surface area contributed by atoms with E-state index < -0.39 is 0 Å². The first-order chi connectivity index (χ1) is 9.20. The second-order valence-electron chi connectivity index (χ2n) is 4.64. The van der Waals surface area contributed by atoms with Gasteiger partial charge < -0.3 is 10.2 Å². The first-order valence-corrected chi connectivity index (χ1v) is 7.18. The lowest BCUT2D eigenvalue weighted by molar-refractivity contribution is 0.817. The summed E-state index contributed by atoms with van der Waals surface area (Å²) < 4.78 is 1.16. The minimum absolute atomic E-state index is 0.896. The zero-order valence-corrected chi connectivity index (χ0v) is 12.9. The van der Waals surface area contributed by atoms with Gasteiger partial charge >= 0.3 is 0 Å². The Kier molecular flexibility index (Phi) is 5.00. The van der Waals surface area contributed by atoms with Crippen LogP contribution in [-0.2, 0) is 13.1 Å². The van der Waals surface area contributed by atoms with Crippen molar-refractivity contribution in [3.05, 3.63) is 64.1 Å². The average molecular weight is 319 g/mol. The van der Waals surface area contributed by atoms with Crippen molar-refractivity contribution in [1.82, 2.24) is 5.32 Å². The highest BCUT2D eigenvalue weighted by molar-refractivity contribution is 9.10. The average Bonchev–Trinajstić information content (AvgIpc) is 2.42. The highest BCUT2D eigenvalue weighted by Crippen LogP contribution is 2.21. The second kappa shape index (κ2) is 6.73. The molecule has 0 fully saturated rings. The molecule has 2 aromatic carbocycles. The predicted molar refractivity (Wildman–Crippen MR) is 85.5 cm³/mol. The summed E-state index contributed by atoms with van der Waals surface area (Å²) in [6.45, 7) is 1.81. The van der Waals surface area contributed by atoms with E-state index in [0.717, 1.165) is 17.6 Å². The topological polar surface area (TPSA) is 15.3 Å². The molecule has 0 radical (unpaired) electrons. The smallest absolute Gasteiger partial charge is 0.0437 e. The molecule has 2 nitrogen and oxygen atoms in total. The summed E-state index contributed by atoms with van der Waals surface area (Å²) in [5.41, 5.74) is 3.83. The number of anilines is 1. The second-order valence-corrected chi connectivity index (χ2v) is 5.50. The van der Waals surface area contributed by atoms with E-state index in [1.807, 2.05) is 13.1 Å². The molecule has 19 heavy (non-hydrogen) atoms. The molecule has 0 aliphatic rings. The Balaban J connectivity index is 2.07. The third kappa shape index (κ3) is 3.82. The van der Waals surface area contributed by atoms with Gasteiger partial charge in [-0.3, -0.25) is 0 Å². The third-order valence-corrected chi connectivity index (χ3v) is 3.90. The van der Waals surface area contributed by atoms with Crippen LogP contribution in [-0.4, -0.2) is 14.1 Å². The number of halogens is 1. The zero-order chi connectivity index (χ0) is 13.7. The number of rotatable bonds is 5. The number of nitrogens with one attached hydrogen (secondary N) is 1. The van der Waals surface area contributed by atoms with Crippen molar-refractivity contribution in [2.45, 2.75) is 13.1 Å². The first kappa shape index (κ1) is 14.1. The Morgan fingerprint density at radius 3 is 2.37 bits per heavy atom. The molecule has 0 aliphatic heterocycles. The predicted octanol–water partition coefficient (Wildman–Crippen LogP) is 3.80. The fourth-order valence-electron chi connectivity index (χ4n) is 2.05. The van der Waals surface area contributed by atoms with E-state index in [0.29, 0.717) is 0 Å². The van der Waals surface area contributed by atoms with Gasteiger partial charge in [0.1, 0.15) is 0 Å². The van der Waals surface area contributed by atoms with Crippen LogP contribution in [0.15, 0.2) is 53.0 Å². The van der Waals surface area contributed by atoms with Crippen LogP contribution < -0.4 is 10.2 Å². The molecule has 1 N–H and O–H groups in total. The van der Waals surface area contributed by atoms with E-state index >= 15 is 0 Å². The molecule has 2 rings (SSSR count). The Morgan fingerprint density at radius 2 is 1.74 bits per heavy atom. The Bertz CT molecular complexity index is 523. The van der Waals surface area contributed by atoms with Gasteiger partial charge in [-0.15, -0.1) is 0 Å². The van der Waals surface area contributed by atoms with E-state index in [9.17, 15) is 0 Å². The molecule has 0 bridgehead atoms. The number of benzene rings is 2. The van der Waals surface area contributed by atoms with Crippen molar-refractivity contribution in [2.75, 3.05) is 19.0 Å². The zero-order valence-electron chi connectivity index (χ0n) is 11.4. The summed E-state index contributed by atoms with van der Waals surface area (Å²) in [5.74, 6) is 0. The van der Waals surface area contributed by atoms with E-state index in [1.165, 1.54) is 16.8 Å². The lowest BCUT2D eigenvalue weighted by atomic mass is 10.1. The van der Waals surface area contributed by atoms with Gasteiger partial charge in [-0.25, -0.2) is 0 Å². The lowest BCUT2D eigenvalue weighted by Crippen LogP contribution is -2.16. The summed E-state index contributed by atoms with van der Waals surface area (Å²) in [6, 6.07) is 17.0. The molecule has 0 aromatic heterocycles. The molecule has 0 saturated heterocycles. The summed E-state index contributed by atoms with van der Waals surface area (Å²) in [6.07, 6.45) is 0. The quantitative estimate of drug-likeness (QED) is 0.902. The van der Waals surface area contributed by atoms with Crippen LogP contribution in [0.25, 0.3) is 0 Å². The third-order valence-electron chi connectivity index (χ3n) is 3.12. The van der Waals surface area contributed by atoms with Gasteiger partial charge in [0, 0.05) is 30.3 Å². The lowest BCUT2D eigenvalue weighted by Gasteiger charge is -2.20. The Morgan fingerprint density at radius 1 is 1.05 bits per heavy atom. The van der Waals surface area contributed by atoms with Gasteiger partial charge in [-0.1, -0.05) is 46.3 Å². The van der Waals surface area contributed by atoms with Crippen molar-refractivity contribution >= 4 is 21.6 Å². The normalized spacial score (nSPS) is 10.5. The molecule has 0 aliphatic carbocycles. The molecule has 2 aromatic rings. The molecule has 0 amide bonds. The molecular formula is C16H19BrN2. The standard InChI is InChI=1S/C16H19BrN2/c1-18-11-13-7-9-15(10-8-13)19(2)12-14-5-3-4-6-16(14)17/h3-10,18H,11-12H2,1-2H3. The van der Waals surface area contributed by atoms with Crippen LogP contribution in [0, 0.1) is 0 Å². The molecule has 0 heterocycles. The van der Waals surface area contributed by atoms with Crippen LogP contribution in [0.4, 0.5) is 5.69 Å². The summed E-state index contributed by atoms with van der Waals surface area (Å²) in [7, 11) is 4.08. The maximum Gasteiger partial charge on any atom is 0.0437 e. The highest BCUT2D eigenvalue weighted by atomic mass is 79.9. The maximum atomic E-state index is 3.59. The van der Waals surface area contributed by atoms with Crippen LogP contribution in [0.3, 0.4) is 0 Å². The van der Waals surface area contributed by atoms with Gasteiger partial charge in [0.15, 0.2) is 0 Å². The van der Waals surface area contributed by atoms with Gasteiger partial charge in [0.25, 0.3) is 0 Å². The molecule has 3 heteroatoms. The van der Waals surface area contributed by atoms with Gasteiger partial charge in [-0.05, 0) is 36.4 Å². The Hall–Kier alpha value is -1.32. The van der Waals surface area contributed by atoms with Crippen LogP contribution in [0.5, 0.6) is 0 Å². The van der Waals surface area contributed by atoms with Crippen molar-refractivity contribution in [3.63, 3.8) is 0 Å². The van der Waals surface area contributed by atoms with Crippen LogP contribution >= 0.6 is 15.9 Å². The highest BCUT2D eigenvalue weighted by Gasteiger charge is 2.04. The van der Waals surface area contributed by atoms with E-state index in [2.05, 4.69) is 75.7 Å². The molecular weight excluding hydrogens is 300 g/mol. The Labute approximate surface area is 123 Å². The number of nitrogens with zero attached hydrogens (tertiary/aromatic N) is 1. The van der Waals surface area contributed by atoms with Crippen molar-refractivity contribution in [3.8, 4) is 0 Å². The largest absolute Gasteiger partial charge is 0.370 e. The fraction of sp³-hybridized carbons (Fsp3) is 0.250. The fourth-order valence-corrected chi connectivity index (χ4v) is 2.46. The minimum Gasteiger partial charge on any atom is -0.370 e. The van der Waals surface area contributed by atoms with Crippen molar-refractivity contribution < 1.29 is 0 Å². The monoisotopic (exact) mass is 318 g/mol. The molecule has 100 valence electrons. The van der Waals surface area contributed by atoms with Crippen LogP contribution in [0.2, 0.25) is 0 Å². The molecule has 0 saturated carbocycles. The molecule has 0 atom stereocenters. The van der Waals surface area contributed by atoms with Crippen LogP contribution in [0.1, 0.15) is 11.1 Å². The summed E-state index contributed by atoms with van der Waals surface area (Å²) in [4.78, 5) is 2.25. The van der Waals surface area contributed by atoms with E-state index in [-0.39, 0.29) is 0 Å².